The lowest BCUT2D eigenvalue weighted by Gasteiger charge is -2.14. The Balaban J connectivity index is 1.94. The number of methoxy groups -OCH3 is 1. The van der Waals surface area contributed by atoms with Crippen molar-refractivity contribution in [2.45, 2.75) is 12.5 Å². The van der Waals surface area contributed by atoms with Gasteiger partial charge in [0, 0.05) is 11.1 Å². The predicted octanol–water partition coefficient (Wildman–Crippen LogP) is 3.44. The number of benzene rings is 2. The van der Waals surface area contributed by atoms with Gasteiger partial charge >= 0.3 is 0 Å². The Kier molecular flexibility index (Phi) is 5.42. The normalized spacial score (nSPS) is 12.0. The highest BCUT2D eigenvalue weighted by atomic mass is 35.5. The monoisotopic (exact) mass is 309 g/mol. The van der Waals surface area contributed by atoms with Crippen molar-refractivity contribution in [1.82, 2.24) is 0 Å². The van der Waals surface area contributed by atoms with Crippen LogP contribution in [0.2, 0.25) is 5.02 Å². The second-order valence-electron chi connectivity index (χ2n) is 4.67. The van der Waals surface area contributed by atoms with Crippen LogP contribution in [-0.2, 0) is 6.42 Å². The highest BCUT2D eigenvalue weighted by Gasteiger charge is 2.12. The molecule has 0 fully saturated rings. The van der Waals surface area contributed by atoms with Gasteiger partial charge in [0.2, 0.25) is 0 Å². The van der Waals surface area contributed by atoms with E-state index in [4.69, 9.17) is 26.8 Å². The molecule has 2 N–H and O–H groups in total. The van der Waals surface area contributed by atoms with Crippen molar-refractivity contribution in [2.75, 3.05) is 13.7 Å². The summed E-state index contributed by atoms with van der Waals surface area (Å²) in [6.45, 7) is 0.275. The molecule has 2 aromatic carbocycles. The van der Waals surface area contributed by atoms with Crippen LogP contribution in [0.5, 0.6) is 11.5 Å². The second kappa shape index (κ2) is 7.29. The van der Waals surface area contributed by atoms with Crippen molar-refractivity contribution in [3.8, 4) is 11.5 Å². The van der Waals surface area contributed by atoms with E-state index >= 15 is 0 Å². The van der Waals surface area contributed by atoms with E-state index in [0.717, 1.165) is 0 Å². The molecule has 0 saturated heterocycles. The zero-order chi connectivity index (χ0) is 15.2. The minimum atomic E-state index is -0.377. The lowest BCUT2D eigenvalue weighted by atomic mass is 10.1. The van der Waals surface area contributed by atoms with Crippen molar-refractivity contribution in [2.24, 2.45) is 5.73 Å². The molecule has 21 heavy (non-hydrogen) atoms. The molecule has 2 aromatic rings. The molecule has 0 bridgehead atoms. The zero-order valence-corrected chi connectivity index (χ0v) is 12.4. The molecule has 112 valence electrons. The van der Waals surface area contributed by atoms with Crippen LogP contribution in [0.25, 0.3) is 0 Å². The maximum Gasteiger partial charge on any atom is 0.168 e. The molecular weight excluding hydrogens is 293 g/mol. The van der Waals surface area contributed by atoms with Gasteiger partial charge in [-0.15, -0.1) is 0 Å². The molecule has 1 atom stereocenters. The van der Waals surface area contributed by atoms with Gasteiger partial charge in [-0.3, -0.25) is 0 Å². The Morgan fingerprint density at radius 1 is 1.24 bits per heavy atom. The summed E-state index contributed by atoms with van der Waals surface area (Å²) in [5.74, 6) is 0.484. The summed E-state index contributed by atoms with van der Waals surface area (Å²) in [7, 11) is 1.43. The summed E-state index contributed by atoms with van der Waals surface area (Å²) in [4.78, 5) is 0. The van der Waals surface area contributed by atoms with Gasteiger partial charge in [-0.1, -0.05) is 29.8 Å². The molecule has 0 aromatic heterocycles. The minimum absolute atomic E-state index is 0.218. The van der Waals surface area contributed by atoms with Crippen LogP contribution in [0.3, 0.4) is 0 Å². The van der Waals surface area contributed by atoms with Gasteiger partial charge in [0.25, 0.3) is 0 Å². The van der Waals surface area contributed by atoms with Crippen LogP contribution >= 0.6 is 11.6 Å². The molecule has 3 nitrogen and oxygen atoms in total. The van der Waals surface area contributed by atoms with E-state index in [1.165, 1.54) is 7.11 Å². The molecule has 1 unspecified atom stereocenters. The lowest BCUT2D eigenvalue weighted by molar-refractivity contribution is 0.286. The Hall–Kier alpha value is -1.78. The smallest absolute Gasteiger partial charge is 0.168 e. The van der Waals surface area contributed by atoms with Gasteiger partial charge in [-0.2, -0.15) is 0 Å². The number of ether oxygens (including phenoxy) is 2. The third kappa shape index (κ3) is 4.34. The fraction of sp³-hybridized carbons (Fsp3) is 0.250. The molecule has 0 heterocycles. The molecule has 0 aliphatic rings. The molecule has 0 saturated carbocycles. The molecule has 0 aliphatic carbocycles. The fourth-order valence-corrected chi connectivity index (χ4v) is 2.15. The summed E-state index contributed by atoms with van der Waals surface area (Å²) in [6, 6.07) is 11.7. The van der Waals surface area contributed by atoms with Crippen molar-refractivity contribution >= 4 is 11.6 Å². The first-order chi connectivity index (χ1) is 10.1. The van der Waals surface area contributed by atoms with Crippen molar-refractivity contribution in [3.05, 3.63) is 58.9 Å². The highest BCUT2D eigenvalue weighted by Crippen LogP contribution is 2.21. The van der Waals surface area contributed by atoms with E-state index in [9.17, 15) is 4.39 Å². The van der Waals surface area contributed by atoms with E-state index in [2.05, 4.69) is 0 Å². The molecule has 0 amide bonds. The maximum atomic E-state index is 14.0. The Morgan fingerprint density at radius 3 is 2.71 bits per heavy atom. The quantitative estimate of drug-likeness (QED) is 0.889. The number of rotatable bonds is 6. The Bertz CT molecular complexity index is 607. The summed E-state index contributed by atoms with van der Waals surface area (Å²) in [5.41, 5.74) is 6.50. The van der Waals surface area contributed by atoms with Crippen LogP contribution < -0.4 is 15.2 Å². The summed E-state index contributed by atoms with van der Waals surface area (Å²) < 4.78 is 24.5. The van der Waals surface area contributed by atoms with E-state index in [1.807, 2.05) is 0 Å². The zero-order valence-electron chi connectivity index (χ0n) is 11.7. The largest absolute Gasteiger partial charge is 0.494 e. The van der Waals surface area contributed by atoms with Crippen molar-refractivity contribution in [1.29, 1.82) is 0 Å². The van der Waals surface area contributed by atoms with Gasteiger partial charge in [-0.25, -0.2) is 4.39 Å². The molecular formula is C16H17ClFNO2. The topological polar surface area (TPSA) is 44.5 Å². The van der Waals surface area contributed by atoms with Gasteiger partial charge in [0.1, 0.15) is 12.4 Å². The van der Waals surface area contributed by atoms with Crippen LogP contribution in [0.15, 0.2) is 42.5 Å². The average Bonchev–Trinajstić information content (AvgIpc) is 2.47. The predicted molar refractivity (Wildman–Crippen MR) is 81.6 cm³/mol. The van der Waals surface area contributed by atoms with E-state index in [0.29, 0.717) is 22.8 Å². The van der Waals surface area contributed by atoms with E-state index < -0.39 is 0 Å². The first kappa shape index (κ1) is 15.6. The minimum Gasteiger partial charge on any atom is -0.494 e. The molecule has 0 aliphatic heterocycles. The van der Waals surface area contributed by atoms with Crippen molar-refractivity contribution < 1.29 is 13.9 Å². The van der Waals surface area contributed by atoms with Crippen LogP contribution in [0.1, 0.15) is 5.56 Å². The Labute approximate surface area is 128 Å². The molecule has 2 rings (SSSR count). The van der Waals surface area contributed by atoms with Crippen LogP contribution in [0.4, 0.5) is 4.39 Å². The highest BCUT2D eigenvalue weighted by molar-refractivity contribution is 6.30. The van der Waals surface area contributed by atoms with E-state index in [-0.39, 0.29) is 24.2 Å². The molecule has 0 radical (unpaired) electrons. The van der Waals surface area contributed by atoms with Crippen LogP contribution in [0, 0.1) is 5.82 Å². The number of nitrogens with two attached hydrogens (primary N) is 1. The lowest BCUT2D eigenvalue weighted by Crippen LogP contribution is -2.30. The summed E-state index contributed by atoms with van der Waals surface area (Å²) >= 11 is 5.87. The fourth-order valence-electron chi connectivity index (χ4n) is 1.97. The number of halogens is 2. The maximum absolute atomic E-state index is 14.0. The van der Waals surface area contributed by atoms with E-state index in [1.54, 1.807) is 42.5 Å². The standard InChI is InChI=1S/C16H17ClFNO2/c1-20-15-7-2-4-11(16(15)18)8-13(19)10-21-14-6-3-5-12(17)9-14/h2-7,9,13H,8,10,19H2,1H3. The SMILES string of the molecule is COc1cccc(CC(N)COc2cccc(Cl)c2)c1F. The Morgan fingerprint density at radius 2 is 2.00 bits per heavy atom. The van der Waals surface area contributed by atoms with Gasteiger partial charge in [0.05, 0.1) is 7.11 Å². The summed E-state index contributed by atoms with van der Waals surface area (Å²) in [6.07, 6.45) is 0.365. The third-order valence-corrected chi connectivity index (χ3v) is 3.24. The number of hydrogen-bond acceptors (Lipinski definition) is 3. The first-order valence-corrected chi connectivity index (χ1v) is 6.93. The molecule has 0 spiro atoms. The molecule has 5 heteroatoms. The van der Waals surface area contributed by atoms with Gasteiger partial charge < -0.3 is 15.2 Å². The van der Waals surface area contributed by atoms with Crippen LogP contribution in [-0.4, -0.2) is 19.8 Å². The summed E-state index contributed by atoms with van der Waals surface area (Å²) in [5, 5.41) is 0.597. The average molecular weight is 310 g/mol. The number of hydrogen-bond donors (Lipinski definition) is 1. The van der Waals surface area contributed by atoms with Gasteiger partial charge in [0.15, 0.2) is 11.6 Å². The third-order valence-electron chi connectivity index (χ3n) is 3.01. The second-order valence-corrected chi connectivity index (χ2v) is 5.10. The van der Waals surface area contributed by atoms with Crippen molar-refractivity contribution in [3.63, 3.8) is 0 Å². The van der Waals surface area contributed by atoms with Gasteiger partial charge in [-0.05, 0) is 36.2 Å². The first-order valence-electron chi connectivity index (χ1n) is 6.55.